The average molecular weight is 423 g/mol. The first-order chi connectivity index (χ1) is 14.8. The fourth-order valence-electron chi connectivity index (χ4n) is 3.26. The Hall–Kier alpha value is -3.52. The van der Waals surface area contributed by atoms with Gasteiger partial charge in [-0.2, -0.15) is 0 Å². The van der Waals surface area contributed by atoms with Crippen LogP contribution in [0.3, 0.4) is 0 Å². The summed E-state index contributed by atoms with van der Waals surface area (Å²) in [5.74, 6) is -0.913. The maximum atomic E-state index is 13.1. The second-order valence-electron chi connectivity index (χ2n) is 7.41. The van der Waals surface area contributed by atoms with Crippen LogP contribution in [0, 0.1) is 10.1 Å². The van der Waals surface area contributed by atoms with Crippen molar-refractivity contribution in [1.82, 2.24) is 4.90 Å². The Bertz CT molecular complexity index is 1010. The molecular weight excluding hydrogens is 398 g/mol. The van der Waals surface area contributed by atoms with Gasteiger partial charge in [-0.1, -0.05) is 19.1 Å². The van der Waals surface area contributed by atoms with E-state index in [4.69, 9.17) is 4.74 Å². The van der Waals surface area contributed by atoms with Gasteiger partial charge in [-0.15, -0.1) is 0 Å². The Morgan fingerprint density at radius 1 is 1.03 bits per heavy atom. The summed E-state index contributed by atoms with van der Waals surface area (Å²) < 4.78 is 5.50. The largest absolute Gasteiger partial charge is 0.377 e. The van der Waals surface area contributed by atoms with Gasteiger partial charge >= 0.3 is 0 Å². The number of nitro groups is 1. The van der Waals surface area contributed by atoms with Crippen molar-refractivity contribution in [2.45, 2.75) is 33.3 Å². The van der Waals surface area contributed by atoms with Crippen molar-refractivity contribution in [2.75, 3.05) is 18.5 Å². The maximum absolute atomic E-state index is 13.1. The third-order valence-electron chi connectivity index (χ3n) is 4.93. The smallest absolute Gasteiger partial charge is 0.278 e. The van der Waals surface area contributed by atoms with Gasteiger partial charge in [-0.05, 0) is 55.7 Å². The Kier molecular flexibility index (Phi) is 6.81. The zero-order valence-corrected chi connectivity index (χ0v) is 17.8. The molecule has 1 aliphatic heterocycles. The van der Waals surface area contributed by atoms with Gasteiger partial charge in [-0.25, -0.2) is 0 Å². The second kappa shape index (κ2) is 9.53. The first-order valence-electron chi connectivity index (χ1n) is 10.1. The second-order valence-corrected chi connectivity index (χ2v) is 7.41. The van der Waals surface area contributed by atoms with Crippen LogP contribution in [-0.2, 0) is 20.7 Å². The highest BCUT2D eigenvalue weighted by Gasteiger charge is 2.39. The van der Waals surface area contributed by atoms with Gasteiger partial charge in [0.1, 0.15) is 5.70 Å². The van der Waals surface area contributed by atoms with Crippen LogP contribution >= 0.6 is 0 Å². The molecule has 8 nitrogen and oxygen atoms in total. The molecule has 3 rings (SSSR count). The molecule has 0 saturated carbocycles. The predicted octanol–water partition coefficient (Wildman–Crippen LogP) is 3.77. The summed E-state index contributed by atoms with van der Waals surface area (Å²) in [5, 5.41) is 14.1. The van der Waals surface area contributed by atoms with Crippen molar-refractivity contribution >= 4 is 28.8 Å². The lowest BCUT2D eigenvalue weighted by Crippen LogP contribution is -2.35. The molecule has 0 unspecified atom stereocenters. The molecule has 0 radical (unpaired) electrons. The van der Waals surface area contributed by atoms with Gasteiger partial charge < -0.3 is 10.1 Å². The van der Waals surface area contributed by atoms with E-state index in [0.717, 1.165) is 16.9 Å². The first kappa shape index (κ1) is 22.2. The Morgan fingerprint density at radius 2 is 1.68 bits per heavy atom. The summed E-state index contributed by atoms with van der Waals surface area (Å²) in [5.41, 5.74) is 2.50. The van der Waals surface area contributed by atoms with E-state index in [1.165, 1.54) is 24.3 Å². The predicted molar refractivity (Wildman–Crippen MR) is 117 cm³/mol. The van der Waals surface area contributed by atoms with E-state index in [-0.39, 0.29) is 36.2 Å². The molecule has 1 heterocycles. The number of nitro benzene ring substituents is 1. The zero-order chi connectivity index (χ0) is 22.5. The summed E-state index contributed by atoms with van der Waals surface area (Å²) in [7, 11) is 0. The van der Waals surface area contributed by atoms with Gasteiger partial charge in [0.2, 0.25) is 0 Å². The third-order valence-corrected chi connectivity index (χ3v) is 4.93. The zero-order valence-electron chi connectivity index (χ0n) is 17.8. The van der Waals surface area contributed by atoms with E-state index in [1.54, 1.807) is 0 Å². The minimum absolute atomic E-state index is 0.0235. The van der Waals surface area contributed by atoms with Gasteiger partial charge in [-0.3, -0.25) is 24.6 Å². The number of nitrogens with zero attached hydrogens (tertiary/aromatic N) is 2. The minimum Gasteiger partial charge on any atom is -0.377 e. The number of amides is 2. The Balaban J connectivity index is 1.96. The lowest BCUT2D eigenvalue weighted by atomic mass is 10.0. The first-order valence-corrected chi connectivity index (χ1v) is 10.1. The maximum Gasteiger partial charge on any atom is 0.278 e. The molecule has 0 fully saturated rings. The number of anilines is 1. The average Bonchev–Trinajstić information content (AvgIpc) is 2.98. The molecule has 8 heteroatoms. The molecule has 0 atom stereocenters. The minimum atomic E-state index is -0.510. The summed E-state index contributed by atoms with van der Waals surface area (Å²) >= 11 is 0. The van der Waals surface area contributed by atoms with Gasteiger partial charge in [0.05, 0.1) is 29.8 Å². The molecule has 2 amide bonds. The monoisotopic (exact) mass is 423 g/mol. The molecule has 0 aromatic heterocycles. The number of hydrogen-bond donors (Lipinski definition) is 1. The number of benzene rings is 2. The third kappa shape index (κ3) is 4.97. The highest BCUT2D eigenvalue weighted by molar-refractivity contribution is 6.36. The number of carbonyl (C=O) groups is 2. The van der Waals surface area contributed by atoms with Crippen molar-refractivity contribution < 1.29 is 19.2 Å². The quantitative estimate of drug-likeness (QED) is 0.374. The van der Waals surface area contributed by atoms with Crippen LogP contribution in [0.2, 0.25) is 0 Å². The normalized spacial score (nSPS) is 14.0. The molecule has 0 aliphatic carbocycles. The fourth-order valence-corrected chi connectivity index (χ4v) is 3.26. The van der Waals surface area contributed by atoms with E-state index in [0.29, 0.717) is 11.3 Å². The van der Waals surface area contributed by atoms with Crippen LogP contribution in [0.5, 0.6) is 0 Å². The van der Waals surface area contributed by atoms with Crippen molar-refractivity contribution in [3.63, 3.8) is 0 Å². The van der Waals surface area contributed by atoms with Crippen LogP contribution in [0.4, 0.5) is 11.4 Å². The molecule has 1 aliphatic rings. The van der Waals surface area contributed by atoms with Crippen LogP contribution < -0.4 is 5.32 Å². The van der Waals surface area contributed by atoms with Crippen LogP contribution in [0.15, 0.2) is 54.2 Å². The summed E-state index contributed by atoms with van der Waals surface area (Å²) in [6.45, 7) is 6.14. The molecule has 2 aromatic carbocycles. The molecular formula is C23H25N3O5. The van der Waals surface area contributed by atoms with E-state index in [2.05, 4.69) is 5.32 Å². The van der Waals surface area contributed by atoms with Gasteiger partial charge in [0, 0.05) is 17.8 Å². The van der Waals surface area contributed by atoms with Crippen LogP contribution in [0.1, 0.15) is 31.9 Å². The molecule has 1 N–H and O–H groups in total. The number of hydrogen-bond acceptors (Lipinski definition) is 6. The number of nitrogens with one attached hydrogen (secondary N) is 1. The fraction of sp³-hybridized carbons (Fsp3) is 0.304. The molecule has 2 aromatic rings. The number of carbonyl (C=O) groups excluding carboxylic acids is 2. The van der Waals surface area contributed by atoms with E-state index >= 15 is 0 Å². The van der Waals surface area contributed by atoms with Crippen molar-refractivity contribution in [1.29, 1.82) is 0 Å². The van der Waals surface area contributed by atoms with E-state index in [1.807, 2.05) is 45.0 Å². The molecule has 31 heavy (non-hydrogen) atoms. The summed E-state index contributed by atoms with van der Waals surface area (Å²) in [4.78, 5) is 37.8. The van der Waals surface area contributed by atoms with Crippen molar-refractivity contribution in [3.05, 3.63) is 75.5 Å². The summed E-state index contributed by atoms with van der Waals surface area (Å²) in [6, 6.07) is 13.2. The topological polar surface area (TPSA) is 102 Å². The lowest BCUT2D eigenvalue weighted by molar-refractivity contribution is -0.384. The standard InChI is InChI=1S/C23H25N3O5/c1-4-16-5-9-18(10-6-16)24-21-20(17-7-11-19(12-8-17)26(29)30)22(27)25(23(21)28)13-14-31-15(2)3/h5-12,15,24H,4,13-14H2,1-3H3. The Morgan fingerprint density at radius 3 is 2.23 bits per heavy atom. The number of aryl methyl sites for hydroxylation is 1. The number of ether oxygens (including phenoxy) is 1. The highest BCUT2D eigenvalue weighted by Crippen LogP contribution is 2.31. The molecule has 0 bridgehead atoms. The summed E-state index contributed by atoms with van der Waals surface area (Å²) in [6.07, 6.45) is 0.863. The van der Waals surface area contributed by atoms with Gasteiger partial charge in [0.15, 0.2) is 0 Å². The number of imide groups is 1. The van der Waals surface area contributed by atoms with Crippen LogP contribution in [-0.4, -0.2) is 40.9 Å². The number of rotatable bonds is 9. The molecule has 0 spiro atoms. The van der Waals surface area contributed by atoms with E-state index in [9.17, 15) is 19.7 Å². The van der Waals surface area contributed by atoms with Crippen molar-refractivity contribution in [2.24, 2.45) is 0 Å². The van der Waals surface area contributed by atoms with Crippen LogP contribution in [0.25, 0.3) is 5.57 Å². The Labute approximate surface area is 180 Å². The number of non-ortho nitro benzene ring substituents is 1. The van der Waals surface area contributed by atoms with Crippen molar-refractivity contribution in [3.8, 4) is 0 Å². The van der Waals surface area contributed by atoms with E-state index < -0.39 is 16.7 Å². The lowest BCUT2D eigenvalue weighted by Gasteiger charge is -2.16. The molecule has 162 valence electrons. The van der Waals surface area contributed by atoms with Gasteiger partial charge in [0.25, 0.3) is 17.5 Å². The molecule has 0 saturated heterocycles. The SMILES string of the molecule is CCc1ccc(NC2=C(c3ccc([N+](=O)[O-])cc3)C(=O)N(CCOC(C)C)C2=O)cc1. The highest BCUT2D eigenvalue weighted by atomic mass is 16.6.